The summed E-state index contributed by atoms with van der Waals surface area (Å²) in [6, 6.07) is 7.46. The van der Waals surface area contributed by atoms with Gasteiger partial charge in [-0.05, 0) is 31.4 Å². The molecule has 0 aliphatic carbocycles. The van der Waals surface area contributed by atoms with E-state index < -0.39 is 0 Å². The van der Waals surface area contributed by atoms with Crippen molar-refractivity contribution in [1.29, 1.82) is 0 Å². The second-order valence-corrected chi connectivity index (χ2v) is 4.45. The van der Waals surface area contributed by atoms with Crippen LogP contribution in [0.4, 0.5) is 0 Å². The first kappa shape index (κ1) is 13.3. The van der Waals surface area contributed by atoms with Crippen molar-refractivity contribution in [1.82, 2.24) is 9.47 Å². The third kappa shape index (κ3) is 2.67. The van der Waals surface area contributed by atoms with Crippen molar-refractivity contribution in [3.8, 4) is 0 Å². The summed E-state index contributed by atoms with van der Waals surface area (Å²) >= 11 is 0. The number of hydrogen-bond donors (Lipinski definition) is 0. The first-order chi connectivity index (χ1) is 9.19. The van der Waals surface area contributed by atoms with Gasteiger partial charge in [0.25, 0.3) is 0 Å². The molecule has 0 saturated heterocycles. The minimum atomic E-state index is 0.0963. The summed E-state index contributed by atoms with van der Waals surface area (Å²) in [5.41, 5.74) is 1.55. The highest BCUT2D eigenvalue weighted by Crippen LogP contribution is 2.17. The molecular formula is C15H18N2O2. The van der Waals surface area contributed by atoms with Gasteiger partial charge in [-0.25, -0.2) is 0 Å². The van der Waals surface area contributed by atoms with E-state index in [0.29, 0.717) is 25.2 Å². The molecule has 100 valence electrons. The molecule has 2 aromatic rings. The van der Waals surface area contributed by atoms with Gasteiger partial charge in [0.05, 0.1) is 0 Å². The van der Waals surface area contributed by atoms with Crippen molar-refractivity contribution >= 4 is 23.1 Å². The van der Waals surface area contributed by atoms with E-state index in [-0.39, 0.29) is 5.91 Å². The highest BCUT2D eigenvalue weighted by Gasteiger charge is 2.11. The average molecular weight is 258 g/mol. The monoisotopic (exact) mass is 258 g/mol. The zero-order chi connectivity index (χ0) is 13.8. The number of nitrogens with zero attached hydrogens (tertiary/aromatic N) is 2. The molecule has 0 spiro atoms. The zero-order valence-electron chi connectivity index (χ0n) is 11.3. The summed E-state index contributed by atoms with van der Waals surface area (Å²) < 4.78 is 1.89. The van der Waals surface area contributed by atoms with Crippen molar-refractivity contribution in [3.05, 3.63) is 36.0 Å². The van der Waals surface area contributed by atoms with Crippen molar-refractivity contribution in [2.24, 2.45) is 0 Å². The van der Waals surface area contributed by atoms with Crippen LogP contribution in [0, 0.1) is 0 Å². The minimum absolute atomic E-state index is 0.0963. The van der Waals surface area contributed by atoms with E-state index in [4.69, 9.17) is 0 Å². The van der Waals surface area contributed by atoms with E-state index in [0.717, 1.165) is 17.2 Å². The molecule has 2 rings (SSSR count). The number of rotatable bonds is 5. The van der Waals surface area contributed by atoms with Crippen LogP contribution in [0.2, 0.25) is 0 Å². The van der Waals surface area contributed by atoms with Crippen molar-refractivity contribution in [2.45, 2.75) is 20.4 Å². The molecule has 0 saturated carbocycles. The van der Waals surface area contributed by atoms with E-state index in [9.17, 15) is 9.59 Å². The Bertz CT molecular complexity index is 597. The summed E-state index contributed by atoms with van der Waals surface area (Å²) in [6.45, 7) is 5.69. The largest absolute Gasteiger partial charge is 0.342 e. The Hall–Kier alpha value is -2.10. The molecule has 1 heterocycles. The minimum Gasteiger partial charge on any atom is -0.342 e. The summed E-state index contributed by atoms with van der Waals surface area (Å²) in [7, 11) is 0. The van der Waals surface area contributed by atoms with E-state index >= 15 is 0 Å². The van der Waals surface area contributed by atoms with Crippen LogP contribution in [0.3, 0.4) is 0 Å². The zero-order valence-corrected chi connectivity index (χ0v) is 11.3. The summed E-state index contributed by atoms with van der Waals surface area (Å²) in [6.07, 6.45) is 2.71. The third-order valence-electron chi connectivity index (χ3n) is 3.36. The fourth-order valence-corrected chi connectivity index (χ4v) is 2.23. The van der Waals surface area contributed by atoms with E-state index in [1.54, 1.807) is 11.0 Å². The normalized spacial score (nSPS) is 10.6. The van der Waals surface area contributed by atoms with Crippen LogP contribution < -0.4 is 0 Å². The lowest BCUT2D eigenvalue weighted by molar-refractivity contribution is -0.131. The molecule has 0 unspecified atom stereocenters. The molecule has 19 heavy (non-hydrogen) atoms. The van der Waals surface area contributed by atoms with Gasteiger partial charge in [0.1, 0.15) is 12.8 Å². The highest BCUT2D eigenvalue weighted by atomic mass is 16.2. The fraction of sp³-hybridized carbons (Fsp3) is 0.333. The van der Waals surface area contributed by atoms with Crippen molar-refractivity contribution in [3.63, 3.8) is 0 Å². The van der Waals surface area contributed by atoms with Gasteiger partial charge >= 0.3 is 0 Å². The Labute approximate surface area is 112 Å². The van der Waals surface area contributed by atoms with Gasteiger partial charge in [-0.15, -0.1) is 0 Å². The molecule has 0 bridgehead atoms. The van der Waals surface area contributed by atoms with Crippen LogP contribution >= 0.6 is 0 Å². The Morgan fingerprint density at radius 2 is 2.00 bits per heavy atom. The maximum atomic E-state index is 12.1. The molecular weight excluding hydrogens is 240 g/mol. The quantitative estimate of drug-likeness (QED) is 0.772. The van der Waals surface area contributed by atoms with Crippen molar-refractivity contribution in [2.75, 3.05) is 13.1 Å². The summed E-state index contributed by atoms with van der Waals surface area (Å²) in [5.74, 6) is 0.0963. The number of benzene rings is 1. The predicted molar refractivity (Wildman–Crippen MR) is 75.3 cm³/mol. The molecule has 0 fully saturated rings. The standard InChI is InChI=1S/C15H18N2O2/c1-3-16(4-2)15(19)10-17-8-7-13-6-5-12(11-18)9-14(13)17/h5-9,11H,3-4,10H2,1-2H3. The lowest BCUT2D eigenvalue weighted by Gasteiger charge is -2.19. The maximum absolute atomic E-state index is 12.1. The number of hydrogen-bond acceptors (Lipinski definition) is 2. The molecule has 0 radical (unpaired) electrons. The number of carbonyl (C=O) groups is 2. The first-order valence-corrected chi connectivity index (χ1v) is 6.51. The van der Waals surface area contributed by atoms with Crippen LogP contribution in [0.1, 0.15) is 24.2 Å². The van der Waals surface area contributed by atoms with Crippen LogP contribution in [0.15, 0.2) is 30.5 Å². The Balaban J connectivity index is 2.30. The molecule has 1 aromatic heterocycles. The predicted octanol–water partition coefficient (Wildman–Crippen LogP) is 2.32. The molecule has 4 nitrogen and oxygen atoms in total. The number of fused-ring (bicyclic) bond motifs is 1. The fourth-order valence-electron chi connectivity index (χ4n) is 2.23. The Morgan fingerprint density at radius 3 is 2.63 bits per heavy atom. The topological polar surface area (TPSA) is 42.3 Å². The van der Waals surface area contributed by atoms with Crippen LogP contribution in [0.5, 0.6) is 0 Å². The number of amides is 1. The molecule has 0 aliphatic rings. The Morgan fingerprint density at radius 1 is 1.26 bits per heavy atom. The molecule has 1 amide bonds. The summed E-state index contributed by atoms with van der Waals surface area (Å²) in [5, 5.41) is 1.04. The van der Waals surface area contributed by atoms with Crippen molar-refractivity contribution < 1.29 is 9.59 Å². The number of aldehydes is 1. The van der Waals surface area contributed by atoms with Gasteiger partial charge in [0, 0.05) is 30.4 Å². The van der Waals surface area contributed by atoms with Gasteiger partial charge in [-0.1, -0.05) is 12.1 Å². The maximum Gasteiger partial charge on any atom is 0.242 e. The molecule has 0 aliphatic heterocycles. The molecule has 0 N–H and O–H groups in total. The smallest absolute Gasteiger partial charge is 0.242 e. The van der Waals surface area contributed by atoms with Gasteiger partial charge in [0.2, 0.25) is 5.91 Å². The lowest BCUT2D eigenvalue weighted by atomic mass is 10.2. The number of carbonyl (C=O) groups excluding carboxylic acids is 2. The molecule has 1 aromatic carbocycles. The summed E-state index contributed by atoms with van der Waals surface area (Å²) in [4.78, 5) is 24.7. The van der Waals surface area contributed by atoms with E-state index in [2.05, 4.69) is 0 Å². The SMILES string of the molecule is CCN(CC)C(=O)Cn1ccc2ccc(C=O)cc21. The first-order valence-electron chi connectivity index (χ1n) is 6.51. The number of likely N-dealkylation sites (N-methyl/N-ethyl adjacent to an activating group) is 1. The van der Waals surface area contributed by atoms with Gasteiger partial charge in [0.15, 0.2) is 0 Å². The van der Waals surface area contributed by atoms with Crippen LogP contribution in [-0.2, 0) is 11.3 Å². The van der Waals surface area contributed by atoms with Gasteiger partial charge in [-0.2, -0.15) is 0 Å². The van der Waals surface area contributed by atoms with E-state index in [1.165, 1.54) is 0 Å². The molecule has 0 atom stereocenters. The average Bonchev–Trinajstić information content (AvgIpc) is 2.82. The van der Waals surface area contributed by atoms with E-state index in [1.807, 2.05) is 42.8 Å². The van der Waals surface area contributed by atoms with Crippen LogP contribution in [0.25, 0.3) is 10.9 Å². The highest BCUT2D eigenvalue weighted by molar-refractivity contribution is 5.88. The Kier molecular flexibility index (Phi) is 4.00. The number of aromatic nitrogens is 1. The van der Waals surface area contributed by atoms with Gasteiger partial charge < -0.3 is 9.47 Å². The lowest BCUT2D eigenvalue weighted by Crippen LogP contribution is -2.33. The third-order valence-corrected chi connectivity index (χ3v) is 3.36. The second kappa shape index (κ2) is 5.69. The van der Waals surface area contributed by atoms with Gasteiger partial charge in [-0.3, -0.25) is 9.59 Å². The molecule has 4 heteroatoms. The van der Waals surface area contributed by atoms with Crippen LogP contribution in [-0.4, -0.2) is 34.7 Å². The second-order valence-electron chi connectivity index (χ2n) is 4.45.